The summed E-state index contributed by atoms with van der Waals surface area (Å²) in [4.78, 5) is 25.5. The van der Waals surface area contributed by atoms with E-state index in [1.165, 1.54) is 12.7 Å². The van der Waals surface area contributed by atoms with Gasteiger partial charge in [0.2, 0.25) is 5.91 Å². The summed E-state index contributed by atoms with van der Waals surface area (Å²) < 4.78 is 25.7. The van der Waals surface area contributed by atoms with Gasteiger partial charge in [-0.3, -0.25) is 9.36 Å². The minimum absolute atomic E-state index is 0.111. The fraction of sp³-hybridized carbons (Fsp3) is 0.211. The molecule has 12 nitrogen and oxygen atoms in total. The number of amides is 1. The van der Waals surface area contributed by atoms with Crippen LogP contribution in [0.2, 0.25) is 0 Å². The SMILES string of the molecule is COc1ccc(C(OC[C@H]2O[C@@H](n3cnc4c(-c5ccccc5C(N)=O)ncnc43)[C@H](O)[C@@H]2O)(c2ccccc2)c2ccc(OC)cc2)cc1. The zero-order valence-electron chi connectivity index (χ0n) is 27.3. The highest BCUT2D eigenvalue weighted by molar-refractivity contribution is 6.02. The van der Waals surface area contributed by atoms with Crippen molar-refractivity contribution < 1.29 is 34.0 Å². The Morgan fingerprint density at radius 2 is 1.40 bits per heavy atom. The highest BCUT2D eigenvalue weighted by atomic mass is 16.6. The second kappa shape index (κ2) is 13.7. The minimum Gasteiger partial charge on any atom is -0.497 e. The average Bonchev–Trinajstić information content (AvgIpc) is 3.72. The summed E-state index contributed by atoms with van der Waals surface area (Å²) in [7, 11) is 3.21. The van der Waals surface area contributed by atoms with E-state index in [0.717, 1.165) is 16.7 Å². The van der Waals surface area contributed by atoms with Gasteiger partial charge in [-0.2, -0.15) is 0 Å². The van der Waals surface area contributed by atoms with Gasteiger partial charge in [0, 0.05) is 11.1 Å². The number of rotatable bonds is 11. The van der Waals surface area contributed by atoms with Gasteiger partial charge in [-0.15, -0.1) is 0 Å². The van der Waals surface area contributed by atoms with Crippen LogP contribution in [0, 0.1) is 0 Å². The molecule has 1 aliphatic heterocycles. The predicted octanol–water partition coefficient (Wildman–Crippen LogP) is 4.24. The lowest BCUT2D eigenvalue weighted by Gasteiger charge is -2.37. The van der Waals surface area contributed by atoms with Crippen molar-refractivity contribution in [3.63, 3.8) is 0 Å². The summed E-state index contributed by atoms with van der Waals surface area (Å²) >= 11 is 0. The number of hydrogen-bond donors (Lipinski definition) is 3. The molecular weight excluding hydrogens is 638 g/mol. The Hall–Kier alpha value is -5.66. The van der Waals surface area contributed by atoms with Crippen LogP contribution >= 0.6 is 0 Å². The Kier molecular flexibility index (Phi) is 9.00. The molecule has 50 heavy (non-hydrogen) atoms. The van der Waals surface area contributed by atoms with E-state index in [0.29, 0.717) is 33.9 Å². The van der Waals surface area contributed by atoms with Gasteiger partial charge >= 0.3 is 0 Å². The number of hydrogen-bond acceptors (Lipinski definition) is 10. The van der Waals surface area contributed by atoms with Crippen molar-refractivity contribution in [1.82, 2.24) is 19.5 Å². The van der Waals surface area contributed by atoms with Gasteiger partial charge in [-0.25, -0.2) is 15.0 Å². The monoisotopic (exact) mass is 673 g/mol. The van der Waals surface area contributed by atoms with Crippen LogP contribution in [0.25, 0.3) is 22.4 Å². The summed E-state index contributed by atoms with van der Waals surface area (Å²) in [6, 6.07) is 31.8. The molecule has 0 spiro atoms. The number of nitrogens with two attached hydrogens (primary N) is 1. The molecule has 0 saturated carbocycles. The van der Waals surface area contributed by atoms with E-state index >= 15 is 0 Å². The van der Waals surface area contributed by atoms with Crippen LogP contribution in [0.4, 0.5) is 0 Å². The van der Waals surface area contributed by atoms with Crippen molar-refractivity contribution in [1.29, 1.82) is 0 Å². The molecule has 6 aromatic rings. The number of methoxy groups -OCH3 is 2. The average molecular weight is 674 g/mol. The van der Waals surface area contributed by atoms with Crippen LogP contribution in [0.1, 0.15) is 33.3 Å². The van der Waals surface area contributed by atoms with E-state index < -0.39 is 36.0 Å². The highest BCUT2D eigenvalue weighted by Gasteiger charge is 2.47. The first-order chi connectivity index (χ1) is 24.3. The number of aliphatic hydroxyl groups is 2. The highest BCUT2D eigenvalue weighted by Crippen LogP contribution is 2.43. The number of carbonyl (C=O) groups is 1. The molecule has 1 amide bonds. The van der Waals surface area contributed by atoms with Crippen molar-refractivity contribution in [2.45, 2.75) is 30.1 Å². The van der Waals surface area contributed by atoms with Gasteiger partial charge < -0.3 is 34.9 Å². The van der Waals surface area contributed by atoms with E-state index in [1.54, 1.807) is 43.1 Å². The molecule has 1 fully saturated rings. The Morgan fingerprint density at radius 1 is 0.800 bits per heavy atom. The third kappa shape index (κ3) is 5.73. The lowest BCUT2D eigenvalue weighted by Crippen LogP contribution is -2.39. The van der Waals surface area contributed by atoms with E-state index in [4.69, 9.17) is 24.7 Å². The van der Waals surface area contributed by atoms with Crippen LogP contribution in [0.3, 0.4) is 0 Å². The van der Waals surface area contributed by atoms with E-state index in [9.17, 15) is 15.0 Å². The van der Waals surface area contributed by atoms with E-state index in [1.807, 2.05) is 78.9 Å². The largest absolute Gasteiger partial charge is 0.497 e. The second-order valence-corrected chi connectivity index (χ2v) is 11.8. The maximum atomic E-state index is 12.2. The Labute approximate surface area is 287 Å². The van der Waals surface area contributed by atoms with Crippen LogP contribution in [0.15, 0.2) is 116 Å². The maximum Gasteiger partial charge on any atom is 0.249 e. The molecule has 0 unspecified atom stereocenters. The molecule has 4 atom stereocenters. The Balaban J connectivity index is 1.24. The topological polar surface area (TPSA) is 164 Å². The lowest BCUT2D eigenvalue weighted by atomic mass is 9.80. The molecule has 0 aliphatic carbocycles. The molecule has 4 N–H and O–H groups in total. The molecule has 4 aromatic carbocycles. The van der Waals surface area contributed by atoms with Gasteiger partial charge in [0.1, 0.15) is 52.9 Å². The number of aliphatic hydroxyl groups excluding tert-OH is 2. The molecular formula is C38H35N5O7. The van der Waals surface area contributed by atoms with E-state index in [2.05, 4.69) is 15.0 Å². The van der Waals surface area contributed by atoms with Crippen LogP contribution < -0.4 is 15.2 Å². The zero-order chi connectivity index (χ0) is 34.8. The number of carbonyl (C=O) groups excluding carboxylic acids is 1. The van der Waals surface area contributed by atoms with Crippen molar-refractivity contribution >= 4 is 17.1 Å². The molecule has 254 valence electrons. The van der Waals surface area contributed by atoms with Gasteiger partial charge in [0.15, 0.2) is 11.9 Å². The zero-order valence-corrected chi connectivity index (χ0v) is 27.3. The fourth-order valence-corrected chi connectivity index (χ4v) is 6.52. The lowest BCUT2D eigenvalue weighted by molar-refractivity contribution is -0.0942. The summed E-state index contributed by atoms with van der Waals surface area (Å²) in [6.07, 6.45) is -1.90. The summed E-state index contributed by atoms with van der Waals surface area (Å²) in [5, 5.41) is 22.7. The van der Waals surface area contributed by atoms with Crippen LogP contribution in [-0.2, 0) is 15.1 Å². The van der Waals surface area contributed by atoms with Crippen LogP contribution in [-0.4, -0.2) is 74.8 Å². The summed E-state index contributed by atoms with van der Waals surface area (Å²) in [5.41, 5.74) is 8.78. The van der Waals surface area contributed by atoms with Gasteiger partial charge in [0.05, 0.1) is 27.2 Å². The van der Waals surface area contributed by atoms with Gasteiger partial charge in [0.25, 0.3) is 0 Å². The third-order valence-corrected chi connectivity index (χ3v) is 9.06. The summed E-state index contributed by atoms with van der Waals surface area (Å²) in [6.45, 7) is -0.111. The Morgan fingerprint density at radius 3 is 2.02 bits per heavy atom. The molecule has 12 heteroatoms. The molecule has 1 aliphatic rings. The number of primary amides is 1. The van der Waals surface area contributed by atoms with Crippen molar-refractivity contribution in [2.75, 3.05) is 20.8 Å². The first kappa shape index (κ1) is 32.9. The van der Waals surface area contributed by atoms with Gasteiger partial charge in [-0.05, 0) is 47.0 Å². The van der Waals surface area contributed by atoms with Crippen LogP contribution in [0.5, 0.6) is 11.5 Å². The predicted molar refractivity (Wildman–Crippen MR) is 183 cm³/mol. The van der Waals surface area contributed by atoms with Gasteiger partial charge in [-0.1, -0.05) is 72.8 Å². The third-order valence-electron chi connectivity index (χ3n) is 9.06. The van der Waals surface area contributed by atoms with Crippen molar-refractivity contribution in [3.05, 3.63) is 138 Å². The number of ether oxygens (including phenoxy) is 4. The number of imidazole rings is 1. The maximum absolute atomic E-state index is 12.2. The number of nitrogens with zero attached hydrogens (tertiary/aromatic N) is 4. The molecule has 2 aromatic heterocycles. The number of aromatic nitrogens is 4. The number of benzene rings is 4. The molecule has 0 bridgehead atoms. The van der Waals surface area contributed by atoms with Crippen molar-refractivity contribution in [3.8, 4) is 22.8 Å². The quantitative estimate of drug-likeness (QED) is 0.170. The minimum atomic E-state index is -1.36. The first-order valence-electron chi connectivity index (χ1n) is 15.9. The molecule has 3 heterocycles. The second-order valence-electron chi connectivity index (χ2n) is 11.8. The molecule has 7 rings (SSSR count). The smallest absolute Gasteiger partial charge is 0.249 e. The Bertz CT molecular complexity index is 2060. The molecule has 0 radical (unpaired) electrons. The summed E-state index contributed by atoms with van der Waals surface area (Å²) in [5.74, 6) is 0.760. The van der Waals surface area contributed by atoms with E-state index in [-0.39, 0.29) is 12.2 Å². The fourth-order valence-electron chi connectivity index (χ4n) is 6.52. The molecule has 1 saturated heterocycles. The van der Waals surface area contributed by atoms with Crippen molar-refractivity contribution in [2.24, 2.45) is 5.73 Å². The number of fused-ring (bicyclic) bond motifs is 1. The standard InChI is InChI=1S/C38H35N5O7/c1-47-26-16-12-24(13-17-26)38(23-8-4-3-5-9-23,25-14-18-27(48-2)19-15-25)49-20-30-33(44)34(45)37(50-30)43-22-42-32-31(40-21-41-36(32)43)28-10-6-7-11-29(28)35(39)46/h3-19,21-22,30,33-34,37,44-45H,20H2,1-2H3,(H2,39,46)/t30-,33-,34-,37-/m1/s1. The normalized spacial score (nSPS) is 19.0. The first-order valence-corrected chi connectivity index (χ1v) is 15.9.